The molecule has 0 radical (unpaired) electrons. The lowest BCUT2D eigenvalue weighted by atomic mass is 9.44. The average Bonchev–Trinajstić information content (AvgIpc) is 1.57. The summed E-state index contributed by atoms with van der Waals surface area (Å²) in [7, 11) is 8.06. The van der Waals surface area contributed by atoms with Crippen LogP contribution in [-0.2, 0) is 104 Å². The van der Waals surface area contributed by atoms with Gasteiger partial charge in [0.15, 0.2) is 49.8 Å². The minimum Gasteiger partial charge on any atom is -0.462 e. The normalized spacial score (nSPS) is 51.9. The molecule has 7 aliphatic heterocycles. The number of ether oxygens (including phenoxy) is 20. The van der Waals surface area contributed by atoms with Crippen molar-refractivity contribution < 1.29 is 130 Å². The molecule has 0 unspecified atom stereocenters. The topological polar surface area (TPSA) is 320 Å². The maximum absolute atomic E-state index is 13.1. The Morgan fingerprint density at radius 1 is 0.454 bits per heavy atom. The first-order valence-corrected chi connectivity index (χ1v) is 35.7. The first-order valence-electron chi connectivity index (χ1n) is 35.7. The summed E-state index contributed by atoms with van der Waals surface area (Å²) in [5.41, 5.74) is -3.70. The van der Waals surface area contributed by atoms with E-state index in [0.29, 0.717) is 44.9 Å². The summed E-state index contributed by atoms with van der Waals surface area (Å²) in [6.45, 7) is 19.7. The summed E-state index contributed by atoms with van der Waals surface area (Å²) in [4.78, 5) is 25.7. The van der Waals surface area contributed by atoms with Crippen LogP contribution in [0.1, 0.15) is 166 Å². The zero-order valence-electron chi connectivity index (χ0n) is 59.7. The third-order valence-electron chi connectivity index (χ3n) is 24.5. The number of rotatable bonds is 21. The zero-order valence-corrected chi connectivity index (χ0v) is 59.7. The van der Waals surface area contributed by atoms with Gasteiger partial charge in [0.2, 0.25) is 0 Å². The second kappa shape index (κ2) is 30.9. The van der Waals surface area contributed by atoms with Gasteiger partial charge in [-0.1, -0.05) is 25.5 Å². The van der Waals surface area contributed by atoms with Gasteiger partial charge in [0.1, 0.15) is 54.4 Å². The van der Waals surface area contributed by atoms with Crippen LogP contribution in [0.4, 0.5) is 0 Å². The van der Waals surface area contributed by atoms with Gasteiger partial charge in [0.25, 0.3) is 0 Å². The van der Waals surface area contributed by atoms with E-state index >= 15 is 0 Å². The molecule has 0 bridgehead atoms. The lowest BCUT2D eigenvalue weighted by Crippen LogP contribution is -2.71. The third kappa shape index (κ3) is 15.0. The van der Waals surface area contributed by atoms with Gasteiger partial charge >= 0.3 is 5.97 Å². The van der Waals surface area contributed by atoms with Crippen molar-refractivity contribution >= 4 is 11.8 Å². The largest absolute Gasteiger partial charge is 0.462 e. The Morgan fingerprint density at radius 2 is 0.814 bits per heavy atom. The lowest BCUT2D eigenvalue weighted by Gasteiger charge is -2.63. The van der Waals surface area contributed by atoms with E-state index in [1.165, 1.54) is 26.5 Å². The van der Waals surface area contributed by atoms with Gasteiger partial charge in [0.05, 0.1) is 103 Å². The molecule has 0 amide bonds. The summed E-state index contributed by atoms with van der Waals surface area (Å²) < 4.78 is 126. The molecule has 0 aromatic carbocycles. The second-order valence-electron chi connectivity index (χ2n) is 30.1. The molecule has 4 aliphatic carbocycles. The number of carbonyl (C=O) groups excluding carboxylic acids is 2. The predicted molar refractivity (Wildman–Crippen MR) is 339 cm³/mol. The van der Waals surface area contributed by atoms with Crippen LogP contribution in [-0.4, -0.2) is 268 Å². The van der Waals surface area contributed by atoms with Crippen molar-refractivity contribution in [3.05, 3.63) is 11.6 Å². The number of methoxy groups -OCH3 is 5. The highest BCUT2D eigenvalue weighted by atomic mass is 16.8. The van der Waals surface area contributed by atoms with E-state index in [1.54, 1.807) is 56.1 Å². The lowest BCUT2D eigenvalue weighted by molar-refractivity contribution is -0.356. The predicted octanol–water partition coefficient (Wildman–Crippen LogP) is 4.72. The Bertz CT molecular complexity index is 2630. The number of esters is 1. The molecule has 36 atom stereocenters. The summed E-state index contributed by atoms with van der Waals surface area (Å²) in [6, 6.07) is 0. The summed E-state index contributed by atoms with van der Waals surface area (Å²) in [5.74, 6) is -1.22. The first-order chi connectivity index (χ1) is 46.0. The minimum atomic E-state index is -1.82. The highest BCUT2D eigenvalue weighted by molar-refractivity contribution is 5.87. The van der Waals surface area contributed by atoms with E-state index in [2.05, 4.69) is 13.0 Å². The van der Waals surface area contributed by atoms with Crippen molar-refractivity contribution in [3.63, 3.8) is 0 Å². The highest BCUT2D eigenvalue weighted by Crippen LogP contribution is 2.70. The number of hydrogen-bond donors (Lipinski definition) is 5. The quantitative estimate of drug-likeness (QED) is 0.0766. The molecule has 0 aromatic rings. The molecule has 0 aromatic heterocycles. The van der Waals surface area contributed by atoms with Crippen LogP contribution in [0.5, 0.6) is 0 Å². The molecule has 0 spiro atoms. The van der Waals surface area contributed by atoms with Crippen LogP contribution in [0.3, 0.4) is 0 Å². The van der Waals surface area contributed by atoms with Crippen LogP contribution < -0.4 is 0 Å². The maximum atomic E-state index is 13.1. The fourth-order valence-electron chi connectivity index (χ4n) is 18.9. The molecule has 11 rings (SSSR count). The number of ketones is 1. The van der Waals surface area contributed by atoms with E-state index in [1.807, 2.05) is 27.7 Å². The van der Waals surface area contributed by atoms with Crippen LogP contribution in [0.15, 0.2) is 11.6 Å². The highest BCUT2D eigenvalue weighted by Gasteiger charge is 2.77. The Hall–Kier alpha value is -2.08. The Balaban J connectivity index is 0.622. The Labute approximate surface area is 571 Å². The molecular formula is C70H114O27. The summed E-state index contributed by atoms with van der Waals surface area (Å²) in [6.07, 6.45) is -10.8. The van der Waals surface area contributed by atoms with Crippen LogP contribution in [0.25, 0.3) is 0 Å². The molecule has 5 N–H and O–H groups in total. The fraction of sp³-hybridized carbons (Fsp3) is 0.943. The smallest absolute Gasteiger partial charge is 0.302 e. The first kappa shape index (κ1) is 76.1. The number of hydrogen-bond acceptors (Lipinski definition) is 27. The zero-order chi connectivity index (χ0) is 70.0. The minimum absolute atomic E-state index is 0.0542. The number of aliphatic hydroxyl groups is 5. The summed E-state index contributed by atoms with van der Waals surface area (Å²) in [5, 5.41) is 57.8. The monoisotopic (exact) mass is 1390 g/mol. The molecule has 27 heteroatoms. The van der Waals surface area contributed by atoms with Crippen molar-refractivity contribution in [1.82, 2.24) is 0 Å². The van der Waals surface area contributed by atoms with E-state index in [4.69, 9.17) is 94.7 Å². The summed E-state index contributed by atoms with van der Waals surface area (Å²) >= 11 is 0. The number of carbonyl (C=O) groups is 2. The van der Waals surface area contributed by atoms with Gasteiger partial charge in [-0.2, -0.15) is 0 Å². The Kier molecular flexibility index (Phi) is 24.3. The number of aliphatic hydroxyl groups excluding tert-OH is 3. The van der Waals surface area contributed by atoms with E-state index in [9.17, 15) is 35.1 Å². The van der Waals surface area contributed by atoms with Crippen molar-refractivity contribution in [2.75, 3.05) is 35.5 Å². The molecule has 11 aliphatic rings. The fourth-order valence-corrected chi connectivity index (χ4v) is 18.9. The SMILES string of the molecule is CO[C@H]1C[C@H](O[C@H]2[C@H](C)O[C@@H](O[C@H]3[C@H](C)O[C@@H](O[C@@H]4[C@@H](C)O[C@@H](O[C@H]5CC[C@@]6(C)C(=CC[C@@H]7[C@@H]6C[C@@H](OC(C)=O)[C@]6(C)[C@](O)(C(C)=O)CC[C@]76O)C5)C[C@H]4OC)C[C@H]3OC)C[C@H]2OC)O[C@H](C)[C@H]1O[C@H]1C[C@H](O)[C@H](O[C@H]2C[C@H](O)[C@H](O[C@H]3C[C@@H](OC)[C@H](O)[C@@H](C)O3)[C@@H](C)O2)[C@@H](C)O1. The second-order valence-corrected chi connectivity index (χ2v) is 30.1. The molecule has 10 fully saturated rings. The van der Waals surface area contributed by atoms with E-state index in [-0.39, 0.29) is 61.6 Å². The van der Waals surface area contributed by atoms with Gasteiger partial charge < -0.3 is 120 Å². The molecule has 7 saturated heterocycles. The van der Waals surface area contributed by atoms with Gasteiger partial charge in [-0.25, -0.2) is 0 Å². The van der Waals surface area contributed by atoms with Crippen molar-refractivity contribution in [3.8, 4) is 0 Å². The van der Waals surface area contributed by atoms with Gasteiger partial charge in [0, 0.05) is 87.4 Å². The molecule has 7 heterocycles. The van der Waals surface area contributed by atoms with Gasteiger partial charge in [-0.3, -0.25) is 9.59 Å². The molecule has 97 heavy (non-hydrogen) atoms. The average molecular weight is 1390 g/mol. The van der Waals surface area contributed by atoms with Crippen LogP contribution in [0.2, 0.25) is 0 Å². The van der Waals surface area contributed by atoms with E-state index in [0.717, 1.165) is 12.8 Å². The Morgan fingerprint density at radius 3 is 1.20 bits per heavy atom. The maximum Gasteiger partial charge on any atom is 0.302 e. The van der Waals surface area contributed by atoms with Crippen molar-refractivity contribution in [1.29, 1.82) is 0 Å². The number of fused-ring (bicyclic) bond motifs is 5. The number of Topliss-reactive ketones (excluding diaryl/α,β-unsaturated/α-hetero) is 1. The van der Waals surface area contributed by atoms with E-state index < -0.39 is 201 Å². The third-order valence-corrected chi connectivity index (χ3v) is 24.5. The van der Waals surface area contributed by atoms with Gasteiger partial charge in [-0.15, -0.1) is 0 Å². The van der Waals surface area contributed by atoms with Gasteiger partial charge in [-0.05, 0) is 118 Å². The van der Waals surface area contributed by atoms with Crippen LogP contribution >= 0.6 is 0 Å². The molecule has 3 saturated carbocycles. The van der Waals surface area contributed by atoms with Crippen molar-refractivity contribution in [2.24, 2.45) is 22.7 Å². The van der Waals surface area contributed by atoms with Crippen LogP contribution in [0, 0.1) is 22.7 Å². The standard InChI is InChI=1S/C70H114O27/c1-32-60(75)47(78-12)27-56(83-32)93-62-34(3)84-53(25-45(62)73)92-61-33(2)85-54(26-46(61)74)94-63-36(5)87-57(29-49(63)80-14)96-65-38(7)89-59(31-51(65)82-16)97-66-37(6)88-58(30-50(66)81-15)95-64-35(4)86-55(28-48(64)79-13)91-42-19-20-67(10)41(23-42)17-18-43-44(67)24-52(90-40(9)72)68(11)69(76,39(8)71)21-22-70(43,68)77/h17,32-38,42-66,73-77H,18-31H2,1-16H3/t32-,33-,34-,35-,36-,37+,38+,42+,43-,44+,45+,46+,47-,48-,49+,50-,51-,52-,53+,54+,55+,56+,57+,58+,59+,60-,61-,62-,63-,64-,65+,66+,67+,68-,69-,70+/m1/s1. The number of allylic oxidation sites excluding steroid dienone is 1. The molecule has 556 valence electrons. The van der Waals surface area contributed by atoms with Crippen molar-refractivity contribution in [2.45, 2.75) is 362 Å². The molecular weight excluding hydrogens is 1270 g/mol. The molecule has 27 nitrogen and oxygen atoms in total.